The number of nitrogens with zero attached hydrogens (tertiary/aromatic N) is 1. The SMILES string of the molecule is Oc1ccnc2c(C(F)(F)F)cc(Cl)cc12. The molecule has 0 aliphatic heterocycles. The lowest BCUT2D eigenvalue weighted by Gasteiger charge is -2.10. The van der Waals surface area contributed by atoms with Gasteiger partial charge < -0.3 is 5.11 Å². The molecule has 84 valence electrons. The fraction of sp³-hybridized carbons (Fsp3) is 0.100. The molecule has 1 heterocycles. The molecule has 0 bridgehead atoms. The molecule has 1 aromatic carbocycles. The lowest BCUT2D eigenvalue weighted by Crippen LogP contribution is -2.06. The van der Waals surface area contributed by atoms with Crippen LogP contribution in [0.25, 0.3) is 10.9 Å². The summed E-state index contributed by atoms with van der Waals surface area (Å²) in [5.41, 5.74) is -1.26. The Kier molecular flexibility index (Phi) is 2.42. The highest BCUT2D eigenvalue weighted by molar-refractivity contribution is 6.31. The van der Waals surface area contributed by atoms with E-state index in [9.17, 15) is 18.3 Å². The molecule has 1 N–H and O–H groups in total. The molecular formula is C10H5ClF3NO. The van der Waals surface area contributed by atoms with Crippen LogP contribution < -0.4 is 0 Å². The smallest absolute Gasteiger partial charge is 0.418 e. The van der Waals surface area contributed by atoms with E-state index in [4.69, 9.17) is 11.6 Å². The fourth-order valence-electron chi connectivity index (χ4n) is 1.42. The number of benzene rings is 1. The molecule has 2 aromatic rings. The van der Waals surface area contributed by atoms with E-state index < -0.39 is 11.7 Å². The number of pyridine rings is 1. The van der Waals surface area contributed by atoms with Crippen molar-refractivity contribution < 1.29 is 18.3 Å². The van der Waals surface area contributed by atoms with Gasteiger partial charge in [0.2, 0.25) is 0 Å². The number of rotatable bonds is 0. The molecule has 0 fully saturated rings. The quantitative estimate of drug-likeness (QED) is 0.771. The third-order valence-electron chi connectivity index (χ3n) is 2.09. The van der Waals surface area contributed by atoms with Gasteiger partial charge in [-0.15, -0.1) is 0 Å². The first kappa shape index (κ1) is 11.0. The second-order valence-corrected chi connectivity index (χ2v) is 3.61. The number of hydrogen-bond donors (Lipinski definition) is 1. The van der Waals surface area contributed by atoms with Crippen molar-refractivity contribution in [2.75, 3.05) is 0 Å². The maximum atomic E-state index is 12.6. The van der Waals surface area contributed by atoms with Crippen molar-refractivity contribution in [1.29, 1.82) is 0 Å². The minimum absolute atomic E-state index is 0.0117. The number of aromatic hydroxyl groups is 1. The highest BCUT2D eigenvalue weighted by atomic mass is 35.5. The molecule has 0 aliphatic rings. The largest absolute Gasteiger partial charge is 0.507 e. The van der Waals surface area contributed by atoms with E-state index in [2.05, 4.69) is 4.98 Å². The van der Waals surface area contributed by atoms with Crippen LogP contribution >= 0.6 is 11.6 Å². The van der Waals surface area contributed by atoms with Crippen LogP contribution in [0.5, 0.6) is 5.75 Å². The maximum absolute atomic E-state index is 12.6. The molecule has 0 spiro atoms. The Morgan fingerprint density at radius 3 is 2.56 bits per heavy atom. The monoisotopic (exact) mass is 247 g/mol. The van der Waals surface area contributed by atoms with E-state index in [0.29, 0.717) is 0 Å². The van der Waals surface area contributed by atoms with Gasteiger partial charge in [0.25, 0.3) is 0 Å². The minimum Gasteiger partial charge on any atom is -0.507 e. The number of aromatic nitrogens is 1. The van der Waals surface area contributed by atoms with Crippen LogP contribution in [-0.2, 0) is 6.18 Å². The summed E-state index contributed by atoms with van der Waals surface area (Å²) >= 11 is 5.56. The number of hydrogen-bond acceptors (Lipinski definition) is 2. The summed E-state index contributed by atoms with van der Waals surface area (Å²) in [6.07, 6.45) is -3.44. The lowest BCUT2D eigenvalue weighted by atomic mass is 10.1. The van der Waals surface area contributed by atoms with Gasteiger partial charge in [0.15, 0.2) is 0 Å². The zero-order chi connectivity index (χ0) is 11.9. The molecule has 0 unspecified atom stereocenters. The van der Waals surface area contributed by atoms with Gasteiger partial charge in [-0.2, -0.15) is 13.2 Å². The summed E-state index contributed by atoms with van der Waals surface area (Å²) in [5, 5.41) is 9.31. The molecule has 0 atom stereocenters. The average Bonchev–Trinajstić information content (AvgIpc) is 2.17. The fourth-order valence-corrected chi connectivity index (χ4v) is 1.64. The first-order valence-electron chi connectivity index (χ1n) is 4.24. The van der Waals surface area contributed by atoms with Gasteiger partial charge >= 0.3 is 6.18 Å². The first-order chi connectivity index (χ1) is 7.39. The molecule has 2 nitrogen and oxygen atoms in total. The van der Waals surface area contributed by atoms with Crippen LogP contribution in [0.3, 0.4) is 0 Å². The van der Waals surface area contributed by atoms with Crippen LogP contribution in [-0.4, -0.2) is 10.1 Å². The third kappa shape index (κ3) is 1.78. The van der Waals surface area contributed by atoms with E-state index in [0.717, 1.165) is 12.3 Å². The van der Waals surface area contributed by atoms with Gasteiger partial charge in [-0.05, 0) is 18.2 Å². The zero-order valence-electron chi connectivity index (χ0n) is 7.72. The van der Waals surface area contributed by atoms with Gasteiger partial charge in [-0.1, -0.05) is 11.6 Å². The van der Waals surface area contributed by atoms with E-state index in [1.54, 1.807) is 0 Å². The summed E-state index contributed by atoms with van der Waals surface area (Å²) < 4.78 is 37.9. The third-order valence-corrected chi connectivity index (χ3v) is 2.31. The van der Waals surface area contributed by atoms with Gasteiger partial charge in [0, 0.05) is 16.6 Å². The van der Waals surface area contributed by atoms with Crippen molar-refractivity contribution >= 4 is 22.5 Å². The Morgan fingerprint density at radius 1 is 1.25 bits per heavy atom. The van der Waals surface area contributed by atoms with E-state index in [-0.39, 0.29) is 21.7 Å². The summed E-state index contributed by atoms with van der Waals surface area (Å²) in [6, 6.07) is 3.24. The molecule has 1 aromatic heterocycles. The number of halogens is 4. The van der Waals surface area contributed by atoms with Crippen molar-refractivity contribution in [3.8, 4) is 5.75 Å². The van der Waals surface area contributed by atoms with Gasteiger partial charge in [-0.3, -0.25) is 4.98 Å². The summed E-state index contributed by atoms with van der Waals surface area (Å²) in [7, 11) is 0. The predicted octanol–water partition coefficient (Wildman–Crippen LogP) is 3.61. The summed E-state index contributed by atoms with van der Waals surface area (Å²) in [6.45, 7) is 0. The molecule has 0 amide bonds. The Balaban J connectivity index is 2.89. The predicted molar refractivity (Wildman–Crippen MR) is 53.4 cm³/mol. The summed E-state index contributed by atoms with van der Waals surface area (Å²) in [5.74, 6) is -0.280. The van der Waals surface area contributed by atoms with Crippen molar-refractivity contribution in [2.24, 2.45) is 0 Å². The highest BCUT2D eigenvalue weighted by Gasteiger charge is 2.34. The summed E-state index contributed by atoms with van der Waals surface area (Å²) in [4.78, 5) is 3.61. The van der Waals surface area contributed by atoms with Crippen molar-refractivity contribution in [3.05, 3.63) is 35.0 Å². The van der Waals surface area contributed by atoms with E-state index in [1.807, 2.05) is 0 Å². The Labute approximate surface area is 93.3 Å². The van der Waals surface area contributed by atoms with Crippen molar-refractivity contribution in [3.63, 3.8) is 0 Å². The van der Waals surface area contributed by atoms with Gasteiger partial charge in [-0.25, -0.2) is 0 Å². The zero-order valence-corrected chi connectivity index (χ0v) is 8.47. The van der Waals surface area contributed by atoms with E-state index >= 15 is 0 Å². The van der Waals surface area contributed by atoms with Crippen molar-refractivity contribution in [1.82, 2.24) is 4.98 Å². The van der Waals surface area contributed by atoms with Crippen LogP contribution in [0.4, 0.5) is 13.2 Å². The lowest BCUT2D eigenvalue weighted by molar-refractivity contribution is -0.136. The minimum atomic E-state index is -4.55. The Morgan fingerprint density at radius 2 is 1.94 bits per heavy atom. The Hall–Kier alpha value is -1.49. The standard InChI is InChI=1S/C10H5ClF3NO/c11-5-3-6-8(16)1-2-15-9(6)7(4-5)10(12,13)14/h1-4H,(H,15,16). The number of fused-ring (bicyclic) bond motifs is 1. The van der Waals surface area contributed by atoms with Crippen LogP contribution in [0.1, 0.15) is 5.56 Å². The van der Waals surface area contributed by atoms with Gasteiger partial charge in [0.1, 0.15) is 5.75 Å². The van der Waals surface area contributed by atoms with Crippen LogP contribution in [0, 0.1) is 0 Å². The number of alkyl halides is 3. The molecule has 0 saturated carbocycles. The maximum Gasteiger partial charge on any atom is 0.418 e. The molecule has 0 saturated heterocycles. The molecule has 0 aliphatic carbocycles. The second-order valence-electron chi connectivity index (χ2n) is 3.18. The van der Waals surface area contributed by atoms with Crippen LogP contribution in [0.15, 0.2) is 24.4 Å². The molecule has 0 radical (unpaired) electrons. The van der Waals surface area contributed by atoms with Crippen LogP contribution in [0.2, 0.25) is 5.02 Å². The first-order valence-corrected chi connectivity index (χ1v) is 4.62. The van der Waals surface area contributed by atoms with Crippen molar-refractivity contribution in [2.45, 2.75) is 6.18 Å². The van der Waals surface area contributed by atoms with Gasteiger partial charge in [0.05, 0.1) is 11.1 Å². The van der Waals surface area contributed by atoms with E-state index in [1.165, 1.54) is 12.1 Å². The second kappa shape index (κ2) is 3.52. The highest BCUT2D eigenvalue weighted by Crippen LogP contribution is 2.38. The topological polar surface area (TPSA) is 33.1 Å². The Bertz CT molecular complexity index is 553. The normalized spacial score (nSPS) is 12.0. The molecule has 2 rings (SSSR count). The molecule has 6 heteroatoms. The molecule has 16 heavy (non-hydrogen) atoms. The molecular weight excluding hydrogens is 243 g/mol. The average molecular weight is 248 g/mol.